The molecule has 6 heteroatoms. The molecule has 2 aliphatic heterocycles. The Balaban J connectivity index is 1.72. The molecule has 0 saturated carbocycles. The van der Waals surface area contributed by atoms with Crippen LogP contribution >= 0.6 is 0 Å². The second-order valence-electron chi connectivity index (χ2n) is 6.82. The van der Waals surface area contributed by atoms with Crippen LogP contribution in [-0.2, 0) is 22.4 Å². The summed E-state index contributed by atoms with van der Waals surface area (Å²) in [5.41, 5.74) is 2.09. The number of hydrogen-bond donors (Lipinski definition) is 2. The van der Waals surface area contributed by atoms with E-state index in [0.717, 1.165) is 42.7 Å². The summed E-state index contributed by atoms with van der Waals surface area (Å²) >= 11 is 0. The third kappa shape index (κ3) is 4.14. The Bertz CT molecular complexity index is 605. The van der Waals surface area contributed by atoms with Crippen LogP contribution in [0.1, 0.15) is 30.9 Å². The van der Waals surface area contributed by atoms with Crippen LogP contribution in [0.15, 0.2) is 18.2 Å². The molecule has 138 valence electrons. The van der Waals surface area contributed by atoms with E-state index in [1.807, 2.05) is 25.1 Å². The predicted octanol–water partition coefficient (Wildman–Crippen LogP) is 0.913. The molecule has 0 aliphatic carbocycles. The predicted molar refractivity (Wildman–Crippen MR) is 92.6 cm³/mol. The minimum atomic E-state index is -0.971. The van der Waals surface area contributed by atoms with Gasteiger partial charge in [0.05, 0.1) is 32.3 Å². The molecule has 1 saturated heterocycles. The summed E-state index contributed by atoms with van der Waals surface area (Å²) in [5, 5.41) is 20.1. The fourth-order valence-electron chi connectivity index (χ4n) is 3.55. The number of aryl methyl sites for hydroxylation is 1. The molecule has 0 radical (unpaired) electrons. The minimum Gasteiger partial charge on any atom is -0.493 e. The molecule has 0 aromatic heterocycles. The number of nitrogens with zero attached hydrogens (tertiary/aromatic N) is 1. The van der Waals surface area contributed by atoms with E-state index in [2.05, 4.69) is 0 Å². The maximum absolute atomic E-state index is 12.9. The minimum absolute atomic E-state index is 0.0553. The van der Waals surface area contributed by atoms with Crippen molar-refractivity contribution in [2.75, 3.05) is 26.4 Å². The Morgan fingerprint density at radius 3 is 2.96 bits per heavy atom. The van der Waals surface area contributed by atoms with Crippen molar-refractivity contribution in [3.05, 3.63) is 29.3 Å². The Kier molecular flexibility index (Phi) is 5.93. The van der Waals surface area contributed by atoms with E-state index in [1.54, 1.807) is 4.90 Å². The van der Waals surface area contributed by atoms with Gasteiger partial charge in [-0.2, -0.15) is 0 Å². The molecule has 3 rings (SSSR count). The van der Waals surface area contributed by atoms with Crippen LogP contribution in [0.3, 0.4) is 0 Å². The highest BCUT2D eigenvalue weighted by Gasteiger charge is 2.37. The number of amides is 1. The van der Waals surface area contributed by atoms with Gasteiger partial charge in [0, 0.05) is 6.54 Å². The van der Waals surface area contributed by atoms with Gasteiger partial charge in [-0.3, -0.25) is 4.79 Å². The molecular formula is C19H27NO5. The molecule has 1 aromatic rings. The maximum atomic E-state index is 12.9. The summed E-state index contributed by atoms with van der Waals surface area (Å²) < 4.78 is 11.0. The van der Waals surface area contributed by atoms with Crippen LogP contribution in [0.4, 0.5) is 0 Å². The summed E-state index contributed by atoms with van der Waals surface area (Å²) in [6.07, 6.45) is 1.09. The van der Waals surface area contributed by atoms with Crippen LogP contribution in [0.25, 0.3) is 0 Å². The highest BCUT2D eigenvalue weighted by Crippen LogP contribution is 2.26. The van der Waals surface area contributed by atoms with E-state index in [-0.39, 0.29) is 25.5 Å². The van der Waals surface area contributed by atoms with Gasteiger partial charge in [0.15, 0.2) is 0 Å². The Morgan fingerprint density at radius 2 is 2.16 bits per heavy atom. The number of benzene rings is 1. The highest BCUT2D eigenvalue weighted by molar-refractivity contribution is 5.79. The van der Waals surface area contributed by atoms with Crippen LogP contribution in [0, 0.1) is 0 Å². The van der Waals surface area contributed by atoms with Gasteiger partial charge in [-0.15, -0.1) is 0 Å². The SMILES string of the molecule is CCCN(C(=O)Cc1ccc2c(c1)CCCO2)[C@@H]1COC[C@@H](O)[C@H]1O. The van der Waals surface area contributed by atoms with E-state index < -0.39 is 18.2 Å². The number of aliphatic hydroxyl groups excluding tert-OH is 2. The molecule has 1 amide bonds. The first-order valence-corrected chi connectivity index (χ1v) is 9.08. The first kappa shape index (κ1) is 18.2. The lowest BCUT2D eigenvalue weighted by atomic mass is 9.99. The molecule has 0 bridgehead atoms. The molecule has 6 nitrogen and oxygen atoms in total. The fourth-order valence-corrected chi connectivity index (χ4v) is 3.55. The Labute approximate surface area is 148 Å². The summed E-state index contributed by atoms with van der Waals surface area (Å²) in [6, 6.07) is 5.40. The van der Waals surface area contributed by atoms with Crippen molar-refractivity contribution in [1.29, 1.82) is 0 Å². The van der Waals surface area contributed by atoms with Crippen molar-refractivity contribution in [2.45, 2.75) is 50.9 Å². The Morgan fingerprint density at radius 1 is 1.32 bits per heavy atom. The molecule has 0 spiro atoms. The van der Waals surface area contributed by atoms with Crippen LogP contribution < -0.4 is 4.74 Å². The third-order valence-corrected chi connectivity index (χ3v) is 4.88. The van der Waals surface area contributed by atoms with Gasteiger partial charge in [0.25, 0.3) is 0 Å². The molecule has 1 fully saturated rings. The average molecular weight is 349 g/mol. The van der Waals surface area contributed by atoms with E-state index in [1.165, 1.54) is 0 Å². The lowest BCUT2D eigenvalue weighted by Gasteiger charge is -2.39. The van der Waals surface area contributed by atoms with Crippen molar-refractivity contribution in [2.24, 2.45) is 0 Å². The van der Waals surface area contributed by atoms with E-state index in [9.17, 15) is 15.0 Å². The van der Waals surface area contributed by atoms with Gasteiger partial charge in [-0.25, -0.2) is 0 Å². The normalized spacial score (nSPS) is 25.8. The molecule has 0 unspecified atom stereocenters. The molecular weight excluding hydrogens is 322 g/mol. The number of ether oxygens (including phenoxy) is 2. The van der Waals surface area contributed by atoms with Gasteiger partial charge >= 0.3 is 0 Å². The number of aliphatic hydroxyl groups is 2. The smallest absolute Gasteiger partial charge is 0.227 e. The summed E-state index contributed by atoms with van der Waals surface area (Å²) in [4.78, 5) is 14.5. The first-order valence-electron chi connectivity index (χ1n) is 9.08. The van der Waals surface area contributed by atoms with Crippen LogP contribution in [0.5, 0.6) is 5.75 Å². The van der Waals surface area contributed by atoms with Crippen molar-refractivity contribution in [1.82, 2.24) is 4.90 Å². The number of rotatable bonds is 5. The van der Waals surface area contributed by atoms with Gasteiger partial charge in [0.2, 0.25) is 5.91 Å². The van der Waals surface area contributed by atoms with Crippen molar-refractivity contribution < 1.29 is 24.5 Å². The lowest BCUT2D eigenvalue weighted by Crippen LogP contribution is -2.58. The van der Waals surface area contributed by atoms with Crippen molar-refractivity contribution in [3.63, 3.8) is 0 Å². The van der Waals surface area contributed by atoms with Crippen molar-refractivity contribution >= 4 is 5.91 Å². The molecule has 3 atom stereocenters. The fraction of sp³-hybridized carbons (Fsp3) is 0.632. The highest BCUT2D eigenvalue weighted by atomic mass is 16.5. The van der Waals surface area contributed by atoms with E-state index in [0.29, 0.717) is 6.54 Å². The molecule has 25 heavy (non-hydrogen) atoms. The summed E-state index contributed by atoms with van der Waals surface area (Å²) in [5.74, 6) is 0.854. The van der Waals surface area contributed by atoms with E-state index >= 15 is 0 Å². The third-order valence-electron chi connectivity index (χ3n) is 4.88. The second kappa shape index (κ2) is 8.17. The lowest BCUT2D eigenvalue weighted by molar-refractivity contribution is -0.155. The Hall–Kier alpha value is -1.63. The van der Waals surface area contributed by atoms with Crippen LogP contribution in [0.2, 0.25) is 0 Å². The van der Waals surface area contributed by atoms with Gasteiger partial charge in [-0.1, -0.05) is 19.1 Å². The summed E-state index contributed by atoms with van der Waals surface area (Å²) in [7, 11) is 0. The number of fused-ring (bicyclic) bond motifs is 1. The average Bonchev–Trinajstić information content (AvgIpc) is 2.62. The van der Waals surface area contributed by atoms with Crippen molar-refractivity contribution in [3.8, 4) is 5.75 Å². The zero-order valence-electron chi connectivity index (χ0n) is 14.7. The summed E-state index contributed by atoms with van der Waals surface area (Å²) in [6.45, 7) is 3.63. The molecule has 2 aliphatic rings. The molecule has 1 aromatic carbocycles. The standard InChI is InChI=1S/C19H27NO5/c1-2-7-20(15-11-24-12-16(21)19(15)23)18(22)10-13-5-6-17-14(9-13)4-3-8-25-17/h5-6,9,15-16,19,21,23H,2-4,7-8,10-12H2,1H3/t15-,16-,19+/m1/s1. The largest absolute Gasteiger partial charge is 0.493 e. The number of carbonyl (C=O) groups is 1. The zero-order valence-corrected chi connectivity index (χ0v) is 14.7. The number of carbonyl (C=O) groups excluding carboxylic acids is 1. The maximum Gasteiger partial charge on any atom is 0.227 e. The number of hydrogen-bond acceptors (Lipinski definition) is 5. The van der Waals surface area contributed by atoms with E-state index in [4.69, 9.17) is 9.47 Å². The van der Waals surface area contributed by atoms with Gasteiger partial charge < -0.3 is 24.6 Å². The molecule has 2 heterocycles. The van der Waals surface area contributed by atoms with Gasteiger partial charge in [-0.05, 0) is 36.5 Å². The molecule has 2 N–H and O–H groups in total. The topological polar surface area (TPSA) is 79.2 Å². The van der Waals surface area contributed by atoms with Gasteiger partial charge in [0.1, 0.15) is 18.0 Å². The second-order valence-corrected chi connectivity index (χ2v) is 6.82. The monoisotopic (exact) mass is 349 g/mol. The van der Waals surface area contributed by atoms with Crippen LogP contribution in [-0.4, -0.2) is 65.6 Å². The quantitative estimate of drug-likeness (QED) is 0.826. The first-order chi connectivity index (χ1) is 12.1. The zero-order chi connectivity index (χ0) is 17.8.